The second-order valence-electron chi connectivity index (χ2n) is 7.02. The van der Waals surface area contributed by atoms with E-state index >= 15 is 0 Å². The smallest absolute Gasteiger partial charge is 0.331 e. The highest BCUT2D eigenvalue weighted by atomic mass is 35.5. The Morgan fingerprint density at radius 3 is 2.75 bits per heavy atom. The van der Waals surface area contributed by atoms with Crippen LogP contribution >= 0.6 is 11.6 Å². The minimum Gasteiger partial charge on any atom is -0.452 e. The normalized spacial score (nSPS) is 10.7. The fraction of sp³-hybridized carbons (Fsp3) is 0.167. The molecule has 0 fully saturated rings. The van der Waals surface area contributed by atoms with E-state index in [1.807, 2.05) is 48.9 Å². The number of esters is 1. The summed E-state index contributed by atoms with van der Waals surface area (Å²) in [7, 11) is 0. The van der Waals surface area contributed by atoms with Crippen LogP contribution in [0.4, 0.5) is 5.69 Å². The Kier molecular flexibility index (Phi) is 7.42. The van der Waals surface area contributed by atoms with Crippen molar-refractivity contribution in [2.24, 2.45) is 0 Å². The van der Waals surface area contributed by atoms with E-state index in [-0.39, 0.29) is 0 Å². The summed E-state index contributed by atoms with van der Waals surface area (Å²) in [6.07, 6.45) is 2.89. The van der Waals surface area contributed by atoms with Gasteiger partial charge in [0.2, 0.25) is 0 Å². The fourth-order valence-corrected chi connectivity index (χ4v) is 3.29. The highest BCUT2D eigenvalue weighted by Gasteiger charge is 2.12. The molecule has 0 unspecified atom stereocenters. The molecule has 162 valence electrons. The molecule has 3 aromatic rings. The summed E-state index contributed by atoms with van der Waals surface area (Å²) >= 11 is 6.24. The predicted molar refractivity (Wildman–Crippen MR) is 122 cm³/mol. The number of carbonyl (C=O) groups is 2. The molecule has 0 radical (unpaired) electrons. The molecule has 1 aromatic heterocycles. The minimum absolute atomic E-state index is 0.420. The Balaban J connectivity index is 1.58. The number of nitriles is 1. The maximum atomic E-state index is 12.1. The van der Waals surface area contributed by atoms with E-state index in [1.54, 1.807) is 24.3 Å². The summed E-state index contributed by atoms with van der Waals surface area (Å²) in [6, 6.07) is 16.0. The quantitative estimate of drug-likeness (QED) is 0.430. The van der Waals surface area contributed by atoms with Crippen molar-refractivity contribution in [2.45, 2.75) is 20.4 Å². The molecule has 1 heterocycles. The number of ether oxygens (including phenoxy) is 1. The number of amides is 1. The zero-order valence-electron chi connectivity index (χ0n) is 17.6. The summed E-state index contributed by atoms with van der Waals surface area (Å²) in [5, 5.41) is 16.7. The molecule has 0 aliphatic carbocycles. The molecule has 8 heteroatoms. The minimum atomic E-state index is -0.649. The van der Waals surface area contributed by atoms with Gasteiger partial charge in [-0.1, -0.05) is 35.9 Å². The van der Waals surface area contributed by atoms with Gasteiger partial charge in [-0.3, -0.25) is 9.48 Å². The molecular formula is C24H21ClN4O3. The van der Waals surface area contributed by atoms with Crippen molar-refractivity contribution in [3.8, 4) is 6.07 Å². The molecule has 0 aliphatic heterocycles. The lowest BCUT2D eigenvalue weighted by Gasteiger charge is -2.07. The van der Waals surface area contributed by atoms with Gasteiger partial charge in [0.15, 0.2) is 6.61 Å². The monoisotopic (exact) mass is 448 g/mol. The molecule has 1 amide bonds. The second-order valence-corrected chi connectivity index (χ2v) is 7.42. The lowest BCUT2D eigenvalue weighted by Crippen LogP contribution is -2.20. The van der Waals surface area contributed by atoms with Gasteiger partial charge in [0.1, 0.15) is 0 Å². The van der Waals surface area contributed by atoms with E-state index in [1.165, 1.54) is 12.1 Å². The zero-order valence-corrected chi connectivity index (χ0v) is 18.4. The van der Waals surface area contributed by atoms with Gasteiger partial charge in [-0.2, -0.15) is 10.4 Å². The number of halogens is 1. The Morgan fingerprint density at radius 2 is 2.00 bits per heavy atom. The molecule has 0 saturated heterocycles. The lowest BCUT2D eigenvalue weighted by atomic mass is 10.1. The molecule has 1 N–H and O–H groups in total. The van der Waals surface area contributed by atoms with Gasteiger partial charge in [-0.05, 0) is 49.8 Å². The predicted octanol–water partition coefficient (Wildman–Crippen LogP) is 4.27. The molecule has 0 saturated carbocycles. The number of aromatic nitrogens is 2. The summed E-state index contributed by atoms with van der Waals surface area (Å²) < 4.78 is 6.83. The van der Waals surface area contributed by atoms with Gasteiger partial charge in [-0.15, -0.1) is 0 Å². The first-order chi connectivity index (χ1) is 15.4. The van der Waals surface area contributed by atoms with Crippen LogP contribution in [0.3, 0.4) is 0 Å². The number of hydrogen-bond donors (Lipinski definition) is 1. The second kappa shape index (κ2) is 10.4. The number of nitrogens with zero attached hydrogens (tertiary/aromatic N) is 3. The van der Waals surface area contributed by atoms with Crippen molar-refractivity contribution in [3.05, 3.63) is 87.7 Å². The van der Waals surface area contributed by atoms with Crippen LogP contribution in [0.5, 0.6) is 0 Å². The molecule has 3 rings (SSSR count). The van der Waals surface area contributed by atoms with Crippen LogP contribution in [0, 0.1) is 25.2 Å². The van der Waals surface area contributed by atoms with Gasteiger partial charge in [0.05, 0.1) is 23.9 Å². The number of hydrogen-bond acceptors (Lipinski definition) is 5. The molecule has 0 spiro atoms. The van der Waals surface area contributed by atoms with E-state index in [0.29, 0.717) is 22.8 Å². The molecule has 0 aliphatic rings. The van der Waals surface area contributed by atoms with Crippen LogP contribution in [0.25, 0.3) is 6.08 Å². The first kappa shape index (κ1) is 22.8. The van der Waals surface area contributed by atoms with Crippen LogP contribution < -0.4 is 5.32 Å². The maximum Gasteiger partial charge on any atom is 0.331 e. The van der Waals surface area contributed by atoms with Gasteiger partial charge in [0.25, 0.3) is 5.91 Å². The lowest BCUT2D eigenvalue weighted by molar-refractivity contribution is -0.142. The number of carbonyl (C=O) groups excluding carboxylic acids is 2. The van der Waals surface area contributed by atoms with E-state index in [9.17, 15) is 9.59 Å². The van der Waals surface area contributed by atoms with Crippen LogP contribution in [-0.2, 0) is 20.9 Å². The molecule has 2 aromatic carbocycles. The van der Waals surface area contributed by atoms with Crippen LogP contribution in [-0.4, -0.2) is 28.3 Å². The van der Waals surface area contributed by atoms with E-state index in [2.05, 4.69) is 10.4 Å². The number of benzene rings is 2. The van der Waals surface area contributed by atoms with E-state index in [0.717, 1.165) is 22.5 Å². The average molecular weight is 449 g/mol. The van der Waals surface area contributed by atoms with E-state index in [4.69, 9.17) is 21.6 Å². The standard InChI is InChI=1S/C24H21ClN4O3/c1-16-21(17(2)29(28-16)14-19-7-3-4-9-22(19)25)10-11-24(31)32-15-23(30)27-20-8-5-6-18(12-20)13-26/h3-12H,14-15H2,1-2H3,(H,27,30). The molecule has 0 bridgehead atoms. The van der Waals surface area contributed by atoms with Crippen molar-refractivity contribution in [3.63, 3.8) is 0 Å². The Bertz CT molecular complexity index is 1220. The van der Waals surface area contributed by atoms with Crippen molar-refractivity contribution in [1.29, 1.82) is 5.26 Å². The average Bonchev–Trinajstić information content (AvgIpc) is 3.04. The van der Waals surface area contributed by atoms with Gasteiger partial charge in [-0.25, -0.2) is 4.79 Å². The van der Waals surface area contributed by atoms with Crippen LogP contribution in [0.1, 0.15) is 28.1 Å². The first-order valence-corrected chi connectivity index (χ1v) is 10.2. The number of anilines is 1. The van der Waals surface area contributed by atoms with Gasteiger partial charge in [0, 0.05) is 28.0 Å². The molecule has 0 atom stereocenters. The van der Waals surface area contributed by atoms with Crippen molar-refractivity contribution >= 4 is 35.2 Å². The molecule has 7 nitrogen and oxygen atoms in total. The van der Waals surface area contributed by atoms with E-state index < -0.39 is 18.5 Å². The summed E-state index contributed by atoms with van der Waals surface area (Å²) in [5.74, 6) is -1.15. The summed E-state index contributed by atoms with van der Waals surface area (Å²) in [4.78, 5) is 24.0. The van der Waals surface area contributed by atoms with Crippen molar-refractivity contribution < 1.29 is 14.3 Å². The Hall–Kier alpha value is -3.89. The third-order valence-electron chi connectivity index (χ3n) is 4.72. The summed E-state index contributed by atoms with van der Waals surface area (Å²) in [6.45, 7) is 3.83. The van der Waals surface area contributed by atoms with Gasteiger partial charge < -0.3 is 10.1 Å². The first-order valence-electron chi connectivity index (χ1n) is 9.79. The third kappa shape index (κ3) is 5.84. The Labute approximate surface area is 190 Å². The molecular weight excluding hydrogens is 428 g/mol. The van der Waals surface area contributed by atoms with Crippen LogP contribution in [0.2, 0.25) is 5.02 Å². The molecule has 32 heavy (non-hydrogen) atoms. The van der Waals surface area contributed by atoms with Gasteiger partial charge >= 0.3 is 5.97 Å². The largest absolute Gasteiger partial charge is 0.452 e. The SMILES string of the molecule is Cc1nn(Cc2ccccc2Cl)c(C)c1C=CC(=O)OCC(=O)Nc1cccc(C#N)c1. The maximum absolute atomic E-state index is 12.1. The highest BCUT2D eigenvalue weighted by Crippen LogP contribution is 2.20. The van der Waals surface area contributed by atoms with Crippen molar-refractivity contribution in [2.75, 3.05) is 11.9 Å². The highest BCUT2D eigenvalue weighted by molar-refractivity contribution is 6.31. The van der Waals surface area contributed by atoms with Crippen LogP contribution in [0.15, 0.2) is 54.6 Å². The Morgan fingerprint density at radius 1 is 1.22 bits per heavy atom. The summed E-state index contributed by atoms with van der Waals surface area (Å²) in [5.41, 5.74) is 4.25. The number of aryl methyl sites for hydroxylation is 1. The number of rotatable bonds is 7. The third-order valence-corrected chi connectivity index (χ3v) is 5.09. The van der Waals surface area contributed by atoms with Crippen molar-refractivity contribution in [1.82, 2.24) is 9.78 Å². The zero-order chi connectivity index (χ0) is 23.1. The number of nitrogens with one attached hydrogen (secondary N) is 1. The fourth-order valence-electron chi connectivity index (χ4n) is 3.09. The topological polar surface area (TPSA) is 97.0 Å².